The molecule has 0 saturated carbocycles. The van der Waals surface area contributed by atoms with Crippen molar-refractivity contribution in [3.63, 3.8) is 0 Å². The highest BCUT2D eigenvalue weighted by atomic mass is 16.6. The average Bonchev–Trinajstić information content (AvgIpc) is 2.94. The molecule has 0 aliphatic heterocycles. The Labute approximate surface area is 121 Å². The van der Waals surface area contributed by atoms with Crippen LogP contribution >= 0.6 is 0 Å². The van der Waals surface area contributed by atoms with E-state index in [2.05, 4.69) is 17.0 Å². The van der Waals surface area contributed by atoms with E-state index in [4.69, 9.17) is 0 Å². The Kier molecular flexibility index (Phi) is 4.13. The summed E-state index contributed by atoms with van der Waals surface area (Å²) in [6, 6.07) is 7.58. The molecule has 0 aliphatic carbocycles. The first-order valence-electron chi connectivity index (χ1n) is 6.20. The van der Waals surface area contributed by atoms with Crippen molar-refractivity contribution < 1.29 is 9.72 Å². The summed E-state index contributed by atoms with van der Waals surface area (Å²) in [7, 11) is 0. The van der Waals surface area contributed by atoms with Crippen molar-refractivity contribution in [2.45, 2.75) is 6.92 Å². The minimum atomic E-state index is -0.479. The number of nitrogens with one attached hydrogen (secondary N) is 1. The van der Waals surface area contributed by atoms with Crippen LogP contribution in [0, 0.1) is 10.1 Å². The predicted molar refractivity (Wildman–Crippen MR) is 77.4 cm³/mol. The summed E-state index contributed by atoms with van der Waals surface area (Å²) in [5.74, 6) is -0.317. The van der Waals surface area contributed by atoms with Crippen LogP contribution in [-0.2, 0) is 0 Å². The van der Waals surface area contributed by atoms with Gasteiger partial charge in [-0.05, 0) is 19.1 Å². The molecule has 7 nitrogen and oxygen atoms in total. The molecule has 0 spiro atoms. The number of carbonyl (C=O) groups is 1. The van der Waals surface area contributed by atoms with Crippen LogP contribution < -0.4 is 5.32 Å². The van der Waals surface area contributed by atoms with Gasteiger partial charge in [-0.3, -0.25) is 14.9 Å². The molecule has 2 rings (SSSR count). The predicted octanol–water partition coefficient (Wildman–Crippen LogP) is 2.09. The maximum absolute atomic E-state index is 11.8. The lowest BCUT2D eigenvalue weighted by atomic mass is 10.3. The smallest absolute Gasteiger partial charge is 0.272 e. The summed E-state index contributed by atoms with van der Waals surface area (Å²) in [5, 5.41) is 17.5. The summed E-state index contributed by atoms with van der Waals surface area (Å²) >= 11 is 0. The number of aromatic nitrogens is 2. The van der Waals surface area contributed by atoms with E-state index in [1.807, 2.05) is 6.92 Å². The molecule has 7 heteroatoms. The fourth-order valence-electron chi connectivity index (χ4n) is 1.66. The molecule has 1 aromatic heterocycles. The number of hydrogen-bond acceptors (Lipinski definition) is 4. The van der Waals surface area contributed by atoms with Gasteiger partial charge in [-0.25, -0.2) is 4.68 Å². The molecule has 1 amide bonds. The van der Waals surface area contributed by atoms with E-state index in [1.165, 1.54) is 16.8 Å². The van der Waals surface area contributed by atoms with Gasteiger partial charge in [-0.1, -0.05) is 18.2 Å². The van der Waals surface area contributed by atoms with Gasteiger partial charge in [0, 0.05) is 24.9 Å². The maximum Gasteiger partial charge on any atom is 0.272 e. The Morgan fingerprint density at radius 3 is 2.90 bits per heavy atom. The molecule has 0 aliphatic rings. The van der Waals surface area contributed by atoms with Crippen molar-refractivity contribution >= 4 is 11.6 Å². The van der Waals surface area contributed by atoms with Gasteiger partial charge in [0.25, 0.3) is 11.6 Å². The normalized spacial score (nSPS) is 10.1. The Bertz CT molecular complexity index is 706. The van der Waals surface area contributed by atoms with Gasteiger partial charge >= 0.3 is 0 Å². The van der Waals surface area contributed by atoms with Crippen LogP contribution in [0.25, 0.3) is 5.69 Å². The van der Waals surface area contributed by atoms with Gasteiger partial charge in [0.05, 0.1) is 10.6 Å². The molecule has 0 unspecified atom stereocenters. The average molecular weight is 286 g/mol. The van der Waals surface area contributed by atoms with Crippen molar-refractivity contribution in [2.75, 3.05) is 6.54 Å². The third kappa shape index (κ3) is 3.53. The number of nitro benzene ring substituents is 1. The van der Waals surface area contributed by atoms with Crippen LogP contribution in [-0.4, -0.2) is 27.2 Å². The first-order chi connectivity index (χ1) is 9.97. The summed E-state index contributed by atoms with van der Waals surface area (Å²) < 4.78 is 1.42. The number of nitrogens with zero attached hydrogens (tertiary/aromatic N) is 3. The van der Waals surface area contributed by atoms with Crippen LogP contribution in [0.4, 0.5) is 5.69 Å². The molecule has 0 radical (unpaired) electrons. The Hall–Kier alpha value is -2.96. The van der Waals surface area contributed by atoms with E-state index in [1.54, 1.807) is 24.4 Å². The first kappa shape index (κ1) is 14.4. The molecular formula is C14H14N4O3. The Balaban J connectivity index is 2.19. The van der Waals surface area contributed by atoms with Crippen molar-refractivity contribution in [3.8, 4) is 5.69 Å². The fraction of sp³-hybridized carbons (Fsp3) is 0.143. The standard InChI is InChI=1S/C14H14N4O3/c1-10(2)9-15-14(19)13-6-7-17(16-13)11-4-3-5-12(8-11)18(20)21/h3-8H,1,9H2,2H3,(H,15,19). The number of nitro groups is 1. The van der Waals surface area contributed by atoms with Crippen molar-refractivity contribution in [3.05, 3.63) is 64.5 Å². The Morgan fingerprint density at radius 1 is 1.48 bits per heavy atom. The highest BCUT2D eigenvalue weighted by Gasteiger charge is 2.11. The van der Waals surface area contributed by atoms with Gasteiger partial charge in [-0.2, -0.15) is 5.10 Å². The van der Waals surface area contributed by atoms with Crippen molar-refractivity contribution in [1.29, 1.82) is 0 Å². The van der Waals surface area contributed by atoms with E-state index in [-0.39, 0.29) is 17.3 Å². The lowest BCUT2D eigenvalue weighted by Crippen LogP contribution is -2.25. The molecule has 1 N–H and O–H groups in total. The van der Waals surface area contributed by atoms with Gasteiger partial charge in [0.2, 0.25) is 0 Å². The lowest BCUT2D eigenvalue weighted by Gasteiger charge is -2.02. The third-order valence-corrected chi connectivity index (χ3v) is 2.68. The molecule has 0 bridgehead atoms. The number of carbonyl (C=O) groups excluding carboxylic acids is 1. The van der Waals surface area contributed by atoms with Crippen LogP contribution in [0.15, 0.2) is 48.7 Å². The quantitative estimate of drug-likeness (QED) is 0.517. The zero-order valence-corrected chi connectivity index (χ0v) is 11.4. The lowest BCUT2D eigenvalue weighted by molar-refractivity contribution is -0.384. The summed E-state index contributed by atoms with van der Waals surface area (Å²) in [4.78, 5) is 22.1. The van der Waals surface area contributed by atoms with Crippen molar-refractivity contribution in [1.82, 2.24) is 15.1 Å². The molecule has 0 atom stereocenters. The van der Waals surface area contributed by atoms with Crippen LogP contribution in [0.2, 0.25) is 0 Å². The Morgan fingerprint density at radius 2 is 2.24 bits per heavy atom. The monoisotopic (exact) mass is 286 g/mol. The largest absolute Gasteiger partial charge is 0.347 e. The number of benzene rings is 1. The van der Waals surface area contributed by atoms with Crippen LogP contribution in [0.5, 0.6) is 0 Å². The van der Waals surface area contributed by atoms with E-state index >= 15 is 0 Å². The van der Waals surface area contributed by atoms with Crippen LogP contribution in [0.1, 0.15) is 17.4 Å². The third-order valence-electron chi connectivity index (χ3n) is 2.68. The van der Waals surface area contributed by atoms with Gasteiger partial charge in [0.15, 0.2) is 5.69 Å². The molecule has 1 aromatic carbocycles. The number of non-ortho nitro benzene ring substituents is 1. The SMILES string of the molecule is C=C(C)CNC(=O)c1ccn(-c2cccc([N+](=O)[O-])c2)n1. The minimum absolute atomic E-state index is 0.0312. The number of rotatable bonds is 5. The molecule has 0 saturated heterocycles. The molecule has 21 heavy (non-hydrogen) atoms. The minimum Gasteiger partial charge on any atom is -0.347 e. The molecule has 2 aromatic rings. The highest BCUT2D eigenvalue weighted by molar-refractivity contribution is 5.92. The number of amides is 1. The highest BCUT2D eigenvalue weighted by Crippen LogP contribution is 2.16. The van der Waals surface area contributed by atoms with E-state index < -0.39 is 4.92 Å². The second-order valence-electron chi connectivity index (χ2n) is 4.56. The second kappa shape index (κ2) is 6.00. The van der Waals surface area contributed by atoms with Crippen molar-refractivity contribution in [2.24, 2.45) is 0 Å². The molecule has 108 valence electrons. The van der Waals surface area contributed by atoms with Gasteiger partial charge < -0.3 is 5.32 Å². The van der Waals surface area contributed by atoms with E-state index in [9.17, 15) is 14.9 Å². The summed E-state index contributed by atoms with van der Waals surface area (Å²) in [5.41, 5.74) is 1.56. The number of hydrogen-bond donors (Lipinski definition) is 1. The van der Waals surface area contributed by atoms with Crippen LogP contribution in [0.3, 0.4) is 0 Å². The molecular weight excluding hydrogens is 272 g/mol. The van der Waals surface area contributed by atoms with Gasteiger partial charge in [-0.15, -0.1) is 0 Å². The molecule has 0 fully saturated rings. The summed E-state index contributed by atoms with van der Waals surface area (Å²) in [6.07, 6.45) is 1.58. The first-order valence-corrected chi connectivity index (χ1v) is 6.20. The van der Waals surface area contributed by atoms with E-state index in [0.717, 1.165) is 5.57 Å². The second-order valence-corrected chi connectivity index (χ2v) is 4.56. The van der Waals surface area contributed by atoms with Gasteiger partial charge in [0.1, 0.15) is 0 Å². The fourth-order valence-corrected chi connectivity index (χ4v) is 1.66. The zero-order valence-electron chi connectivity index (χ0n) is 11.4. The van der Waals surface area contributed by atoms with E-state index in [0.29, 0.717) is 12.2 Å². The maximum atomic E-state index is 11.8. The topological polar surface area (TPSA) is 90.1 Å². The zero-order chi connectivity index (χ0) is 15.4. The summed E-state index contributed by atoms with van der Waals surface area (Å²) in [6.45, 7) is 5.88. The molecule has 1 heterocycles.